The van der Waals surface area contributed by atoms with Crippen molar-refractivity contribution in [2.24, 2.45) is 0 Å². The summed E-state index contributed by atoms with van der Waals surface area (Å²) in [4.78, 5) is 17.3. The number of hydrogen-bond acceptors (Lipinski definition) is 4. The Morgan fingerprint density at radius 2 is 2.54 bits per heavy atom. The average Bonchev–Trinajstić information content (AvgIpc) is 2.07. The van der Waals surface area contributed by atoms with Crippen molar-refractivity contribution >= 4 is 11.5 Å². The SMILES string of the molecule is C=C(C)CNc1nc[nH]c(=O)c1N. The molecule has 5 heteroatoms. The van der Waals surface area contributed by atoms with Gasteiger partial charge in [-0.1, -0.05) is 12.2 Å². The van der Waals surface area contributed by atoms with Gasteiger partial charge in [-0.05, 0) is 6.92 Å². The number of aromatic nitrogens is 2. The van der Waals surface area contributed by atoms with Crippen molar-refractivity contribution in [3.8, 4) is 0 Å². The lowest BCUT2D eigenvalue weighted by Gasteiger charge is -2.05. The second kappa shape index (κ2) is 3.75. The predicted octanol–water partition coefficient (Wildman–Crippen LogP) is 0.340. The fourth-order valence-corrected chi connectivity index (χ4v) is 0.786. The maximum absolute atomic E-state index is 11.0. The number of rotatable bonds is 3. The Kier molecular flexibility index (Phi) is 2.69. The number of anilines is 2. The van der Waals surface area contributed by atoms with E-state index >= 15 is 0 Å². The van der Waals surface area contributed by atoms with Crippen LogP contribution in [-0.2, 0) is 0 Å². The summed E-state index contributed by atoms with van der Waals surface area (Å²) in [6.07, 6.45) is 1.31. The lowest BCUT2D eigenvalue weighted by Crippen LogP contribution is -2.16. The first-order valence-corrected chi connectivity index (χ1v) is 3.82. The Morgan fingerprint density at radius 3 is 3.15 bits per heavy atom. The molecule has 0 saturated carbocycles. The van der Waals surface area contributed by atoms with Gasteiger partial charge in [0.05, 0.1) is 6.33 Å². The van der Waals surface area contributed by atoms with Crippen molar-refractivity contribution in [2.75, 3.05) is 17.6 Å². The zero-order valence-corrected chi connectivity index (χ0v) is 7.42. The Bertz CT molecular complexity index is 369. The highest BCUT2D eigenvalue weighted by Crippen LogP contribution is 2.06. The van der Waals surface area contributed by atoms with Gasteiger partial charge in [-0.3, -0.25) is 4.79 Å². The van der Waals surface area contributed by atoms with Gasteiger partial charge in [0, 0.05) is 6.54 Å². The Balaban J connectivity index is 2.83. The maximum Gasteiger partial charge on any atom is 0.276 e. The van der Waals surface area contributed by atoms with E-state index in [0.717, 1.165) is 5.57 Å². The minimum absolute atomic E-state index is 0.101. The minimum atomic E-state index is -0.334. The van der Waals surface area contributed by atoms with Gasteiger partial charge in [0.15, 0.2) is 5.82 Å². The Morgan fingerprint density at radius 1 is 1.85 bits per heavy atom. The number of aromatic amines is 1. The van der Waals surface area contributed by atoms with Gasteiger partial charge in [0.25, 0.3) is 5.56 Å². The number of nitrogen functional groups attached to an aromatic ring is 1. The van der Waals surface area contributed by atoms with Gasteiger partial charge in [-0.25, -0.2) is 4.98 Å². The van der Waals surface area contributed by atoms with Gasteiger partial charge >= 0.3 is 0 Å². The van der Waals surface area contributed by atoms with Crippen LogP contribution in [0.2, 0.25) is 0 Å². The predicted molar refractivity (Wildman–Crippen MR) is 52.6 cm³/mol. The Hall–Kier alpha value is -1.78. The maximum atomic E-state index is 11.0. The molecule has 0 amide bonds. The molecule has 0 spiro atoms. The van der Waals surface area contributed by atoms with E-state index in [-0.39, 0.29) is 11.2 Å². The third kappa shape index (κ3) is 2.33. The molecule has 0 atom stereocenters. The van der Waals surface area contributed by atoms with E-state index in [9.17, 15) is 4.79 Å². The molecule has 0 unspecified atom stereocenters. The third-order valence-electron chi connectivity index (χ3n) is 1.45. The largest absolute Gasteiger partial charge is 0.391 e. The lowest BCUT2D eigenvalue weighted by molar-refractivity contribution is 1.09. The molecular weight excluding hydrogens is 168 g/mol. The van der Waals surface area contributed by atoms with Crippen LogP contribution in [0.5, 0.6) is 0 Å². The molecule has 1 heterocycles. The molecule has 0 aliphatic rings. The van der Waals surface area contributed by atoms with Crippen molar-refractivity contribution in [3.05, 3.63) is 28.8 Å². The monoisotopic (exact) mass is 180 g/mol. The van der Waals surface area contributed by atoms with Crippen molar-refractivity contribution in [2.45, 2.75) is 6.92 Å². The summed E-state index contributed by atoms with van der Waals surface area (Å²) in [7, 11) is 0. The van der Waals surface area contributed by atoms with Gasteiger partial charge < -0.3 is 16.0 Å². The van der Waals surface area contributed by atoms with Crippen LogP contribution in [-0.4, -0.2) is 16.5 Å². The van der Waals surface area contributed by atoms with E-state index in [0.29, 0.717) is 12.4 Å². The molecule has 0 fully saturated rings. The summed E-state index contributed by atoms with van der Waals surface area (Å²) in [6.45, 7) is 6.13. The van der Waals surface area contributed by atoms with E-state index in [1.165, 1.54) is 6.33 Å². The molecule has 1 aromatic rings. The lowest BCUT2D eigenvalue weighted by atomic mass is 10.3. The third-order valence-corrected chi connectivity index (χ3v) is 1.45. The molecule has 4 N–H and O–H groups in total. The van der Waals surface area contributed by atoms with Crippen molar-refractivity contribution in [1.29, 1.82) is 0 Å². The molecule has 5 nitrogen and oxygen atoms in total. The van der Waals surface area contributed by atoms with Crippen LogP contribution in [0.25, 0.3) is 0 Å². The van der Waals surface area contributed by atoms with E-state index in [1.807, 2.05) is 6.92 Å². The first kappa shape index (κ1) is 9.31. The second-order valence-electron chi connectivity index (χ2n) is 2.80. The van der Waals surface area contributed by atoms with Crippen LogP contribution in [0.15, 0.2) is 23.3 Å². The summed E-state index contributed by atoms with van der Waals surface area (Å²) in [5, 5.41) is 2.90. The van der Waals surface area contributed by atoms with Crippen LogP contribution < -0.4 is 16.6 Å². The second-order valence-corrected chi connectivity index (χ2v) is 2.80. The van der Waals surface area contributed by atoms with Crippen molar-refractivity contribution < 1.29 is 0 Å². The van der Waals surface area contributed by atoms with E-state index in [1.54, 1.807) is 0 Å². The van der Waals surface area contributed by atoms with Crippen LogP contribution in [0.4, 0.5) is 11.5 Å². The summed E-state index contributed by atoms with van der Waals surface area (Å²) in [5.41, 5.74) is 6.18. The quantitative estimate of drug-likeness (QED) is 0.586. The highest BCUT2D eigenvalue weighted by atomic mass is 16.1. The molecule has 70 valence electrons. The van der Waals surface area contributed by atoms with Crippen LogP contribution in [0.3, 0.4) is 0 Å². The summed E-state index contributed by atoms with van der Waals surface area (Å²) >= 11 is 0. The fourth-order valence-electron chi connectivity index (χ4n) is 0.786. The summed E-state index contributed by atoms with van der Waals surface area (Å²) in [5.74, 6) is 0.395. The van der Waals surface area contributed by atoms with Crippen LogP contribution in [0, 0.1) is 0 Å². The van der Waals surface area contributed by atoms with E-state index in [2.05, 4.69) is 21.9 Å². The summed E-state index contributed by atoms with van der Waals surface area (Å²) in [6, 6.07) is 0. The van der Waals surface area contributed by atoms with Crippen molar-refractivity contribution in [3.63, 3.8) is 0 Å². The molecule has 0 bridgehead atoms. The molecule has 0 radical (unpaired) electrons. The zero-order chi connectivity index (χ0) is 9.84. The zero-order valence-electron chi connectivity index (χ0n) is 7.42. The first-order valence-electron chi connectivity index (χ1n) is 3.82. The molecule has 1 aromatic heterocycles. The van der Waals surface area contributed by atoms with E-state index in [4.69, 9.17) is 5.73 Å². The topological polar surface area (TPSA) is 83.8 Å². The van der Waals surface area contributed by atoms with Gasteiger partial charge in [0.1, 0.15) is 5.69 Å². The molecule has 13 heavy (non-hydrogen) atoms. The van der Waals surface area contributed by atoms with Gasteiger partial charge in [-0.2, -0.15) is 0 Å². The highest BCUT2D eigenvalue weighted by molar-refractivity contribution is 5.59. The Labute approximate surface area is 75.7 Å². The smallest absolute Gasteiger partial charge is 0.276 e. The number of nitrogens with zero attached hydrogens (tertiary/aromatic N) is 1. The molecule has 0 aliphatic heterocycles. The molecule has 0 aliphatic carbocycles. The molecule has 1 rings (SSSR count). The normalized spacial score (nSPS) is 9.62. The number of nitrogens with two attached hydrogens (primary N) is 1. The summed E-state index contributed by atoms with van der Waals surface area (Å²) < 4.78 is 0. The number of nitrogens with one attached hydrogen (secondary N) is 2. The van der Waals surface area contributed by atoms with Crippen molar-refractivity contribution in [1.82, 2.24) is 9.97 Å². The average molecular weight is 180 g/mol. The first-order chi connectivity index (χ1) is 6.11. The van der Waals surface area contributed by atoms with Crippen LogP contribution in [0.1, 0.15) is 6.92 Å². The molecule has 0 saturated heterocycles. The van der Waals surface area contributed by atoms with Gasteiger partial charge in [0.2, 0.25) is 0 Å². The van der Waals surface area contributed by atoms with Gasteiger partial charge in [-0.15, -0.1) is 0 Å². The van der Waals surface area contributed by atoms with E-state index < -0.39 is 0 Å². The number of hydrogen-bond donors (Lipinski definition) is 3. The fraction of sp³-hybridized carbons (Fsp3) is 0.250. The van der Waals surface area contributed by atoms with Crippen LogP contribution >= 0.6 is 0 Å². The minimum Gasteiger partial charge on any atom is -0.391 e. The molecular formula is C8H12N4O. The highest BCUT2D eigenvalue weighted by Gasteiger charge is 2.02. The molecule has 0 aromatic carbocycles. The number of H-pyrrole nitrogens is 1. The standard InChI is InChI=1S/C8H12N4O/c1-5(2)3-10-7-6(9)8(13)12-4-11-7/h4H,1,3,9H2,2H3,(H2,10,11,12,13).